The Morgan fingerprint density at radius 3 is 2.87 bits per heavy atom. The summed E-state index contributed by atoms with van der Waals surface area (Å²) in [6.45, 7) is 10.0. The Morgan fingerprint density at radius 1 is 1.60 bits per heavy atom. The molecule has 15 heavy (non-hydrogen) atoms. The van der Waals surface area contributed by atoms with Gasteiger partial charge in [0.15, 0.2) is 0 Å². The van der Waals surface area contributed by atoms with Crippen molar-refractivity contribution in [3.05, 3.63) is 48.9 Å². The Bertz CT molecular complexity index is 390. The van der Waals surface area contributed by atoms with Crippen molar-refractivity contribution in [2.75, 3.05) is 6.61 Å². The maximum atomic E-state index is 8.95. The molecule has 0 saturated carbocycles. The third-order valence-electron chi connectivity index (χ3n) is 2.14. The monoisotopic (exact) mass is 200 g/mol. The van der Waals surface area contributed by atoms with Gasteiger partial charge < -0.3 is 4.74 Å². The van der Waals surface area contributed by atoms with Gasteiger partial charge in [-0.15, -0.1) is 6.58 Å². The van der Waals surface area contributed by atoms with E-state index in [9.17, 15) is 0 Å². The molecule has 2 heteroatoms. The number of nitrogens with zero attached hydrogens (tertiary/aromatic N) is 1. The molecular weight excluding hydrogens is 186 g/mol. The highest BCUT2D eigenvalue weighted by Crippen LogP contribution is 2.24. The Kier molecular flexibility index (Phi) is 3.93. The van der Waals surface area contributed by atoms with Crippen LogP contribution in [0, 0.1) is 18.3 Å². The predicted octanol–water partition coefficient (Wildman–Crippen LogP) is 3.06. The van der Waals surface area contributed by atoms with Crippen molar-refractivity contribution in [3.8, 4) is 11.8 Å². The van der Waals surface area contributed by atoms with Gasteiger partial charge in [0.05, 0.1) is 12.2 Å². The zero-order valence-electron chi connectivity index (χ0n) is 8.86. The molecule has 0 N–H and O–H groups in total. The molecule has 0 amide bonds. The topological polar surface area (TPSA) is 33.0 Å². The molecule has 77 valence electrons. The molecule has 0 saturated heterocycles. The molecule has 0 aliphatic carbocycles. The quantitative estimate of drug-likeness (QED) is 0.700. The fourth-order valence-corrected chi connectivity index (χ4v) is 1.28. The van der Waals surface area contributed by atoms with Gasteiger partial charge in [-0.1, -0.05) is 12.1 Å². The van der Waals surface area contributed by atoms with Gasteiger partial charge in [0.25, 0.3) is 0 Å². The summed E-state index contributed by atoms with van der Waals surface area (Å²) in [5.74, 6) is 0.632. The molecule has 1 aromatic carbocycles. The van der Waals surface area contributed by atoms with E-state index in [0.717, 1.165) is 5.56 Å². The van der Waals surface area contributed by atoms with Crippen molar-refractivity contribution in [2.45, 2.75) is 12.8 Å². The molecule has 2 nitrogen and oxygen atoms in total. The lowest BCUT2D eigenvalue weighted by atomic mass is 9.99. The van der Waals surface area contributed by atoms with Crippen molar-refractivity contribution in [2.24, 2.45) is 0 Å². The van der Waals surface area contributed by atoms with Crippen LogP contribution in [0.25, 0.3) is 0 Å². The maximum Gasteiger partial charge on any atom is 0.137 e. The standard InChI is InChI=1S/C13H14NO/c1-4-10(3)11-6-7-13(15-5-2)12(8-11)9-14/h4,6-8,10H,1,3,5H2,2H3. The lowest BCUT2D eigenvalue weighted by Crippen LogP contribution is -1.96. The summed E-state index contributed by atoms with van der Waals surface area (Å²) in [6.07, 6.45) is 1.75. The van der Waals surface area contributed by atoms with E-state index >= 15 is 0 Å². The summed E-state index contributed by atoms with van der Waals surface area (Å²) in [6, 6.07) is 7.62. The second kappa shape index (κ2) is 5.21. The SMILES string of the molecule is [CH2]C(C=C)c1ccc(OCC)c(C#N)c1. The van der Waals surface area contributed by atoms with Gasteiger partial charge in [-0.25, -0.2) is 0 Å². The molecular formula is C13H14NO. The Labute approximate surface area is 90.8 Å². The average molecular weight is 200 g/mol. The van der Waals surface area contributed by atoms with Crippen LogP contribution in [0.15, 0.2) is 30.9 Å². The average Bonchev–Trinajstić information content (AvgIpc) is 2.29. The van der Waals surface area contributed by atoms with Gasteiger partial charge in [0.1, 0.15) is 11.8 Å². The van der Waals surface area contributed by atoms with Crippen LogP contribution in [0.3, 0.4) is 0 Å². The van der Waals surface area contributed by atoms with Gasteiger partial charge >= 0.3 is 0 Å². The minimum Gasteiger partial charge on any atom is -0.492 e. The molecule has 0 bridgehead atoms. The number of hydrogen-bond acceptors (Lipinski definition) is 2. The number of benzene rings is 1. The first-order valence-corrected chi connectivity index (χ1v) is 4.85. The van der Waals surface area contributed by atoms with E-state index in [1.54, 1.807) is 18.2 Å². The van der Waals surface area contributed by atoms with Crippen molar-refractivity contribution in [3.63, 3.8) is 0 Å². The molecule has 1 unspecified atom stereocenters. The summed E-state index contributed by atoms with van der Waals surface area (Å²) in [4.78, 5) is 0. The number of allylic oxidation sites excluding steroid dienone is 1. The predicted molar refractivity (Wildman–Crippen MR) is 60.6 cm³/mol. The molecule has 0 aliphatic heterocycles. The highest BCUT2D eigenvalue weighted by molar-refractivity contribution is 5.47. The lowest BCUT2D eigenvalue weighted by Gasteiger charge is -2.10. The fourth-order valence-electron chi connectivity index (χ4n) is 1.28. The van der Waals surface area contributed by atoms with E-state index in [1.165, 1.54) is 0 Å². The number of nitriles is 1. The van der Waals surface area contributed by atoms with Gasteiger partial charge in [0.2, 0.25) is 0 Å². The van der Waals surface area contributed by atoms with Crippen LogP contribution in [-0.4, -0.2) is 6.61 Å². The molecule has 0 spiro atoms. The number of ether oxygens (including phenoxy) is 1. The highest BCUT2D eigenvalue weighted by atomic mass is 16.5. The van der Waals surface area contributed by atoms with Crippen molar-refractivity contribution >= 4 is 0 Å². The van der Waals surface area contributed by atoms with Crippen molar-refractivity contribution in [1.29, 1.82) is 5.26 Å². The Hall–Kier alpha value is -1.75. The molecule has 1 radical (unpaired) electrons. The largest absolute Gasteiger partial charge is 0.492 e. The van der Waals surface area contributed by atoms with Gasteiger partial charge in [0, 0.05) is 5.92 Å². The van der Waals surface area contributed by atoms with Crippen LogP contribution in [0.2, 0.25) is 0 Å². The van der Waals surface area contributed by atoms with Gasteiger partial charge in [-0.2, -0.15) is 5.26 Å². The van der Waals surface area contributed by atoms with Gasteiger partial charge in [-0.3, -0.25) is 0 Å². The molecule has 1 rings (SSSR count). The maximum absolute atomic E-state index is 8.95. The van der Waals surface area contributed by atoms with Gasteiger partial charge in [-0.05, 0) is 31.5 Å². The third kappa shape index (κ3) is 2.60. The smallest absolute Gasteiger partial charge is 0.137 e. The molecule has 0 aromatic heterocycles. The Morgan fingerprint density at radius 2 is 2.33 bits per heavy atom. The number of hydrogen-bond donors (Lipinski definition) is 0. The fraction of sp³-hybridized carbons (Fsp3) is 0.231. The third-order valence-corrected chi connectivity index (χ3v) is 2.14. The minimum absolute atomic E-state index is 0.00720. The summed E-state index contributed by atoms with van der Waals surface area (Å²) in [5.41, 5.74) is 1.52. The van der Waals surface area contributed by atoms with E-state index in [1.807, 2.05) is 13.0 Å². The summed E-state index contributed by atoms with van der Waals surface area (Å²) in [7, 11) is 0. The van der Waals surface area contributed by atoms with Crippen molar-refractivity contribution in [1.82, 2.24) is 0 Å². The summed E-state index contributed by atoms with van der Waals surface area (Å²) in [5, 5.41) is 8.95. The zero-order chi connectivity index (χ0) is 11.3. The summed E-state index contributed by atoms with van der Waals surface area (Å²) < 4.78 is 5.33. The first-order valence-electron chi connectivity index (χ1n) is 4.85. The molecule has 0 heterocycles. The molecule has 1 aromatic rings. The van der Waals surface area contributed by atoms with Crippen molar-refractivity contribution < 1.29 is 4.74 Å². The highest BCUT2D eigenvalue weighted by Gasteiger charge is 2.07. The molecule has 0 aliphatic rings. The minimum atomic E-state index is 0.00720. The molecule has 1 atom stereocenters. The van der Waals surface area contributed by atoms with E-state index in [0.29, 0.717) is 17.9 Å². The van der Waals surface area contributed by atoms with E-state index in [4.69, 9.17) is 10.00 Å². The zero-order valence-corrected chi connectivity index (χ0v) is 8.86. The lowest BCUT2D eigenvalue weighted by molar-refractivity contribution is 0.339. The Balaban J connectivity index is 3.08. The summed E-state index contributed by atoms with van der Waals surface area (Å²) >= 11 is 0. The van der Waals surface area contributed by atoms with E-state index in [2.05, 4.69) is 19.6 Å². The van der Waals surface area contributed by atoms with Crippen LogP contribution in [0.1, 0.15) is 24.0 Å². The number of rotatable bonds is 4. The first kappa shape index (κ1) is 11.3. The van der Waals surface area contributed by atoms with Crippen LogP contribution >= 0.6 is 0 Å². The first-order chi connectivity index (χ1) is 7.22. The van der Waals surface area contributed by atoms with Crippen LogP contribution in [0.5, 0.6) is 5.75 Å². The van der Waals surface area contributed by atoms with E-state index < -0.39 is 0 Å². The second-order valence-electron chi connectivity index (χ2n) is 3.14. The second-order valence-corrected chi connectivity index (χ2v) is 3.14. The van der Waals surface area contributed by atoms with E-state index in [-0.39, 0.29) is 5.92 Å². The molecule has 0 fully saturated rings. The van der Waals surface area contributed by atoms with Crippen LogP contribution in [0.4, 0.5) is 0 Å². The van der Waals surface area contributed by atoms with Crippen LogP contribution < -0.4 is 4.74 Å². The normalized spacial score (nSPS) is 11.5. The van der Waals surface area contributed by atoms with Crippen LogP contribution in [-0.2, 0) is 0 Å².